The fraction of sp³-hybridized carbons (Fsp3) is 0.222. The van der Waals surface area contributed by atoms with Crippen molar-refractivity contribution >= 4 is 22.5 Å². The highest BCUT2D eigenvalue weighted by Gasteiger charge is 2.32. The summed E-state index contributed by atoms with van der Waals surface area (Å²) < 4.78 is 1.76. The van der Waals surface area contributed by atoms with E-state index in [1.807, 2.05) is 26.1 Å². The third-order valence-electron chi connectivity index (χ3n) is 4.46. The number of nitrogens with one attached hydrogen (secondary N) is 1. The van der Waals surface area contributed by atoms with E-state index in [9.17, 15) is 4.79 Å². The summed E-state index contributed by atoms with van der Waals surface area (Å²) in [6, 6.07) is 14.6. The number of hydrogen-bond donors (Lipinski definition) is 1. The van der Waals surface area contributed by atoms with Crippen LogP contribution in [0.15, 0.2) is 42.5 Å². The number of amides is 1. The zero-order valence-electron chi connectivity index (χ0n) is 12.6. The lowest BCUT2D eigenvalue weighted by molar-refractivity contribution is -0.116. The molecule has 4 heteroatoms. The number of hydrogen-bond acceptors (Lipinski definition) is 2. The molecule has 22 heavy (non-hydrogen) atoms. The van der Waals surface area contributed by atoms with Crippen molar-refractivity contribution < 1.29 is 4.79 Å². The minimum Gasteiger partial charge on any atom is -0.311 e. The maximum absolute atomic E-state index is 12.2. The van der Waals surface area contributed by atoms with E-state index < -0.39 is 0 Å². The summed E-state index contributed by atoms with van der Waals surface area (Å²) in [5, 5.41) is 9.85. The van der Waals surface area contributed by atoms with Gasteiger partial charge in [-0.2, -0.15) is 5.10 Å². The van der Waals surface area contributed by atoms with Crippen LogP contribution < -0.4 is 5.32 Å². The summed E-state index contributed by atoms with van der Waals surface area (Å²) in [5.74, 6) is 0.934. The molecule has 0 spiro atoms. The molecule has 0 saturated heterocycles. The summed E-state index contributed by atoms with van der Waals surface area (Å²) in [6.45, 7) is 2.01. The third kappa shape index (κ3) is 1.84. The molecule has 0 saturated carbocycles. The summed E-state index contributed by atoms with van der Waals surface area (Å²) in [4.78, 5) is 12.2. The number of rotatable bonds is 1. The number of fused-ring (bicyclic) bond motifs is 2. The molecule has 4 nitrogen and oxygen atoms in total. The molecule has 0 unspecified atom stereocenters. The van der Waals surface area contributed by atoms with Crippen LogP contribution in [0.1, 0.15) is 29.2 Å². The zero-order chi connectivity index (χ0) is 15.3. The Morgan fingerprint density at radius 3 is 2.82 bits per heavy atom. The predicted molar refractivity (Wildman–Crippen MR) is 87.0 cm³/mol. The molecule has 0 bridgehead atoms. The molecule has 4 rings (SSSR count). The van der Waals surface area contributed by atoms with Crippen molar-refractivity contribution in [2.45, 2.75) is 19.3 Å². The molecule has 1 atom stereocenters. The van der Waals surface area contributed by atoms with Crippen LogP contribution in [0.5, 0.6) is 0 Å². The van der Waals surface area contributed by atoms with Gasteiger partial charge in [0.1, 0.15) is 5.82 Å². The van der Waals surface area contributed by atoms with Crippen LogP contribution in [-0.4, -0.2) is 15.7 Å². The molecular formula is C18H17N3O. The average Bonchev–Trinajstić information content (AvgIpc) is 2.80. The third-order valence-corrected chi connectivity index (χ3v) is 4.46. The first kappa shape index (κ1) is 13.1. The Balaban J connectivity index is 1.98. The molecule has 0 aliphatic carbocycles. The van der Waals surface area contributed by atoms with Gasteiger partial charge in [0.25, 0.3) is 0 Å². The lowest BCUT2D eigenvalue weighted by Crippen LogP contribution is -2.24. The van der Waals surface area contributed by atoms with E-state index in [4.69, 9.17) is 0 Å². The number of carbonyl (C=O) groups is 1. The van der Waals surface area contributed by atoms with Gasteiger partial charge in [-0.25, -0.2) is 0 Å². The molecular weight excluding hydrogens is 274 g/mol. The Labute approximate surface area is 128 Å². The topological polar surface area (TPSA) is 46.9 Å². The Hall–Kier alpha value is -2.62. The van der Waals surface area contributed by atoms with Gasteiger partial charge in [0.2, 0.25) is 5.91 Å². The average molecular weight is 291 g/mol. The SMILES string of the molecule is Cc1nn(C)c2c1[C@H](c1cccc3ccccc13)CC(=O)N2. The first-order valence-electron chi connectivity index (χ1n) is 7.46. The molecule has 0 fully saturated rings. The molecule has 3 aromatic rings. The van der Waals surface area contributed by atoms with E-state index in [-0.39, 0.29) is 11.8 Å². The minimum absolute atomic E-state index is 0.0495. The first-order chi connectivity index (χ1) is 10.6. The molecule has 0 radical (unpaired) electrons. The summed E-state index contributed by atoms with van der Waals surface area (Å²) in [6.07, 6.45) is 0.466. The standard InChI is InChI=1S/C18H17N3O/c1-11-17-15(10-16(22)19-18(17)21(2)20-11)14-9-5-7-12-6-3-4-8-13(12)14/h3-9,15H,10H2,1-2H3,(H,19,22)/t15-/m0/s1. The molecule has 1 aliphatic heterocycles. The van der Waals surface area contributed by atoms with Crippen LogP contribution in [0.25, 0.3) is 10.8 Å². The number of aromatic nitrogens is 2. The number of anilines is 1. The lowest BCUT2D eigenvalue weighted by Gasteiger charge is -2.25. The van der Waals surface area contributed by atoms with Crippen molar-refractivity contribution in [3.63, 3.8) is 0 Å². The fourth-order valence-corrected chi connectivity index (χ4v) is 3.53. The van der Waals surface area contributed by atoms with E-state index in [1.54, 1.807) is 4.68 Å². The Morgan fingerprint density at radius 1 is 1.18 bits per heavy atom. The van der Waals surface area contributed by atoms with Crippen molar-refractivity contribution in [3.8, 4) is 0 Å². The Morgan fingerprint density at radius 2 is 1.95 bits per heavy atom. The fourth-order valence-electron chi connectivity index (χ4n) is 3.53. The molecule has 2 heterocycles. The van der Waals surface area contributed by atoms with Gasteiger partial charge < -0.3 is 5.32 Å². The minimum atomic E-state index is 0.0495. The Bertz CT molecular complexity index is 889. The van der Waals surface area contributed by atoms with Gasteiger partial charge in [0, 0.05) is 24.9 Å². The molecule has 1 amide bonds. The van der Waals surface area contributed by atoms with Gasteiger partial charge in [0.05, 0.1) is 5.69 Å². The van der Waals surface area contributed by atoms with E-state index >= 15 is 0 Å². The van der Waals surface area contributed by atoms with Crippen LogP contribution >= 0.6 is 0 Å². The largest absolute Gasteiger partial charge is 0.311 e. The normalized spacial score (nSPS) is 17.4. The second-order valence-corrected chi connectivity index (χ2v) is 5.84. The second-order valence-electron chi connectivity index (χ2n) is 5.84. The first-order valence-corrected chi connectivity index (χ1v) is 7.46. The molecule has 1 aromatic heterocycles. The van der Waals surface area contributed by atoms with Crippen molar-refractivity contribution in [2.24, 2.45) is 7.05 Å². The van der Waals surface area contributed by atoms with E-state index in [0.29, 0.717) is 6.42 Å². The smallest absolute Gasteiger partial charge is 0.226 e. The predicted octanol–water partition coefficient (Wildman–Crippen LogP) is 3.36. The number of nitrogens with zero attached hydrogens (tertiary/aromatic N) is 2. The van der Waals surface area contributed by atoms with Gasteiger partial charge in [-0.05, 0) is 23.3 Å². The molecule has 1 N–H and O–H groups in total. The molecule has 2 aromatic carbocycles. The van der Waals surface area contributed by atoms with Crippen molar-refractivity contribution in [1.29, 1.82) is 0 Å². The monoisotopic (exact) mass is 291 g/mol. The quantitative estimate of drug-likeness (QED) is 0.747. The summed E-state index contributed by atoms with van der Waals surface area (Å²) >= 11 is 0. The molecule has 1 aliphatic rings. The highest BCUT2D eigenvalue weighted by atomic mass is 16.1. The van der Waals surface area contributed by atoms with Crippen molar-refractivity contribution in [2.75, 3.05) is 5.32 Å². The highest BCUT2D eigenvalue weighted by Crippen LogP contribution is 2.41. The van der Waals surface area contributed by atoms with Gasteiger partial charge in [-0.1, -0.05) is 42.5 Å². The maximum Gasteiger partial charge on any atom is 0.226 e. The highest BCUT2D eigenvalue weighted by molar-refractivity contribution is 5.96. The van der Waals surface area contributed by atoms with Crippen LogP contribution in [0, 0.1) is 6.92 Å². The second kappa shape index (κ2) is 4.70. The summed E-state index contributed by atoms with van der Waals surface area (Å²) in [5.41, 5.74) is 3.32. The van der Waals surface area contributed by atoms with Gasteiger partial charge in [-0.3, -0.25) is 9.48 Å². The van der Waals surface area contributed by atoms with Gasteiger partial charge in [-0.15, -0.1) is 0 Å². The van der Waals surface area contributed by atoms with Gasteiger partial charge >= 0.3 is 0 Å². The lowest BCUT2D eigenvalue weighted by atomic mass is 9.83. The van der Waals surface area contributed by atoms with Crippen LogP contribution in [0.3, 0.4) is 0 Å². The number of benzene rings is 2. The van der Waals surface area contributed by atoms with E-state index in [1.165, 1.54) is 16.3 Å². The molecule has 110 valence electrons. The zero-order valence-corrected chi connectivity index (χ0v) is 12.6. The van der Waals surface area contributed by atoms with Crippen LogP contribution in [0.4, 0.5) is 5.82 Å². The van der Waals surface area contributed by atoms with Crippen LogP contribution in [-0.2, 0) is 11.8 Å². The van der Waals surface area contributed by atoms with Gasteiger partial charge in [0.15, 0.2) is 0 Å². The van der Waals surface area contributed by atoms with Crippen molar-refractivity contribution in [1.82, 2.24) is 9.78 Å². The van der Waals surface area contributed by atoms with E-state index in [2.05, 4.69) is 40.7 Å². The number of carbonyl (C=O) groups excluding carboxylic acids is 1. The van der Waals surface area contributed by atoms with E-state index in [0.717, 1.165) is 17.1 Å². The maximum atomic E-state index is 12.2. The number of aryl methyl sites for hydroxylation is 2. The van der Waals surface area contributed by atoms with Crippen LogP contribution in [0.2, 0.25) is 0 Å². The Kier molecular flexibility index (Phi) is 2.79. The van der Waals surface area contributed by atoms with Crippen molar-refractivity contribution in [3.05, 3.63) is 59.3 Å². The summed E-state index contributed by atoms with van der Waals surface area (Å²) in [7, 11) is 1.87.